The van der Waals surface area contributed by atoms with Crippen LogP contribution in [0.4, 0.5) is 10.7 Å². The lowest BCUT2D eigenvalue weighted by Gasteiger charge is -2.34. The zero-order chi connectivity index (χ0) is 13.5. The summed E-state index contributed by atoms with van der Waals surface area (Å²) in [6, 6.07) is 0.0249. The van der Waals surface area contributed by atoms with Gasteiger partial charge in [0.25, 0.3) is 0 Å². The third-order valence-corrected chi connectivity index (χ3v) is 2.88. The van der Waals surface area contributed by atoms with Gasteiger partial charge in [0.15, 0.2) is 0 Å². The third-order valence-electron chi connectivity index (χ3n) is 2.88. The minimum atomic E-state index is -0.503. The first-order valence-electron chi connectivity index (χ1n) is 6.00. The highest BCUT2D eigenvalue weighted by molar-refractivity contribution is 5.69. The molecular formula is C12H19N3O3. The lowest BCUT2D eigenvalue weighted by Crippen LogP contribution is -2.45. The second kappa shape index (κ2) is 4.19. The van der Waals surface area contributed by atoms with Crippen molar-refractivity contribution in [2.45, 2.75) is 52.3 Å². The zero-order valence-corrected chi connectivity index (χ0v) is 11.2. The van der Waals surface area contributed by atoms with E-state index in [1.165, 1.54) is 0 Å². The summed E-state index contributed by atoms with van der Waals surface area (Å²) in [6.07, 6.45) is 0.302. The Morgan fingerprint density at radius 2 is 2.22 bits per heavy atom. The summed E-state index contributed by atoms with van der Waals surface area (Å²) in [4.78, 5) is 13.7. The van der Waals surface area contributed by atoms with Crippen molar-refractivity contribution >= 4 is 12.0 Å². The van der Waals surface area contributed by atoms with E-state index in [1.807, 2.05) is 27.7 Å². The van der Waals surface area contributed by atoms with Crippen LogP contribution in [0.25, 0.3) is 0 Å². The maximum Gasteiger partial charge on any atom is 0.410 e. The van der Waals surface area contributed by atoms with E-state index in [2.05, 4.69) is 5.16 Å². The van der Waals surface area contributed by atoms with E-state index in [9.17, 15) is 4.79 Å². The van der Waals surface area contributed by atoms with Gasteiger partial charge in [0, 0.05) is 12.5 Å². The van der Waals surface area contributed by atoms with Crippen molar-refractivity contribution in [1.29, 1.82) is 0 Å². The van der Waals surface area contributed by atoms with Crippen LogP contribution in [0.1, 0.15) is 39.0 Å². The first-order valence-corrected chi connectivity index (χ1v) is 6.00. The van der Waals surface area contributed by atoms with Gasteiger partial charge in [-0.1, -0.05) is 5.16 Å². The molecule has 0 unspecified atom stereocenters. The molecule has 18 heavy (non-hydrogen) atoms. The molecule has 0 radical (unpaired) electrons. The molecule has 0 bridgehead atoms. The minimum absolute atomic E-state index is 0.0249. The Labute approximate surface area is 106 Å². The van der Waals surface area contributed by atoms with Crippen LogP contribution in [-0.4, -0.2) is 27.8 Å². The molecule has 1 aliphatic heterocycles. The standard InChI is InChI=1S/C12H19N3O3/c1-7-5-9-8(10(13)18-14-9)6-15(7)11(16)17-12(2,3)4/h7H,5-6,13H2,1-4H3/t7-/m0/s1. The summed E-state index contributed by atoms with van der Waals surface area (Å²) in [6.45, 7) is 7.88. The molecule has 1 aliphatic rings. The van der Waals surface area contributed by atoms with Crippen LogP contribution < -0.4 is 5.73 Å². The van der Waals surface area contributed by atoms with Crippen LogP contribution in [-0.2, 0) is 17.7 Å². The fourth-order valence-corrected chi connectivity index (χ4v) is 1.97. The monoisotopic (exact) mass is 253 g/mol. The lowest BCUT2D eigenvalue weighted by atomic mass is 10.0. The van der Waals surface area contributed by atoms with Crippen molar-refractivity contribution in [1.82, 2.24) is 10.1 Å². The van der Waals surface area contributed by atoms with Gasteiger partial charge in [-0.25, -0.2) is 4.79 Å². The summed E-state index contributed by atoms with van der Waals surface area (Å²) >= 11 is 0. The van der Waals surface area contributed by atoms with Crippen LogP contribution in [0.3, 0.4) is 0 Å². The fourth-order valence-electron chi connectivity index (χ4n) is 1.97. The van der Waals surface area contributed by atoms with E-state index in [0.29, 0.717) is 13.0 Å². The average molecular weight is 253 g/mol. The van der Waals surface area contributed by atoms with Crippen molar-refractivity contribution in [2.75, 3.05) is 5.73 Å². The molecule has 0 saturated carbocycles. The van der Waals surface area contributed by atoms with Gasteiger partial charge in [-0.05, 0) is 27.7 Å². The molecule has 0 saturated heterocycles. The highest BCUT2D eigenvalue weighted by Crippen LogP contribution is 2.28. The number of aromatic nitrogens is 1. The SMILES string of the molecule is C[C@H]1Cc2noc(N)c2CN1C(=O)OC(C)(C)C. The van der Waals surface area contributed by atoms with Gasteiger partial charge in [-0.2, -0.15) is 0 Å². The second-order valence-corrected chi connectivity index (χ2v) is 5.63. The van der Waals surface area contributed by atoms with Crippen molar-refractivity contribution in [3.05, 3.63) is 11.3 Å². The average Bonchev–Trinajstić information content (AvgIpc) is 2.56. The molecule has 0 aromatic carbocycles. The molecule has 0 fully saturated rings. The second-order valence-electron chi connectivity index (χ2n) is 5.63. The number of anilines is 1. The number of hydrogen-bond donors (Lipinski definition) is 1. The molecule has 2 N–H and O–H groups in total. The van der Waals surface area contributed by atoms with Crippen LogP contribution in [0.5, 0.6) is 0 Å². The largest absolute Gasteiger partial charge is 0.444 e. The molecule has 0 spiro atoms. The molecule has 2 rings (SSSR count). The molecule has 2 heterocycles. The van der Waals surface area contributed by atoms with Gasteiger partial charge in [0.05, 0.1) is 17.8 Å². The number of nitrogens with zero attached hydrogens (tertiary/aromatic N) is 2. The van der Waals surface area contributed by atoms with Gasteiger partial charge in [0.2, 0.25) is 5.88 Å². The predicted molar refractivity (Wildman–Crippen MR) is 65.9 cm³/mol. The van der Waals surface area contributed by atoms with Crippen LogP contribution in [0, 0.1) is 0 Å². The fraction of sp³-hybridized carbons (Fsp3) is 0.667. The van der Waals surface area contributed by atoms with Gasteiger partial charge in [-0.3, -0.25) is 0 Å². The minimum Gasteiger partial charge on any atom is -0.444 e. The number of carbonyl (C=O) groups is 1. The van der Waals surface area contributed by atoms with Gasteiger partial charge >= 0.3 is 6.09 Å². The van der Waals surface area contributed by atoms with E-state index in [-0.39, 0.29) is 18.0 Å². The normalized spacial score (nSPS) is 19.6. The Kier molecular flexibility index (Phi) is 2.96. The molecule has 0 aliphatic carbocycles. The quantitative estimate of drug-likeness (QED) is 0.764. The molecule has 100 valence electrons. The predicted octanol–water partition coefficient (Wildman–Crippen LogP) is 1.94. The van der Waals surface area contributed by atoms with Gasteiger partial charge < -0.3 is 19.9 Å². The van der Waals surface area contributed by atoms with E-state index in [4.69, 9.17) is 15.0 Å². The lowest BCUT2D eigenvalue weighted by molar-refractivity contribution is 0.0138. The summed E-state index contributed by atoms with van der Waals surface area (Å²) in [5.41, 5.74) is 6.81. The number of ether oxygens (including phenoxy) is 1. The topological polar surface area (TPSA) is 81.6 Å². The van der Waals surface area contributed by atoms with Crippen LogP contribution in [0.2, 0.25) is 0 Å². The number of nitrogens with two attached hydrogens (primary N) is 1. The van der Waals surface area contributed by atoms with Crippen molar-refractivity contribution < 1.29 is 14.1 Å². The number of fused-ring (bicyclic) bond motifs is 1. The molecule has 1 aromatic heterocycles. The zero-order valence-electron chi connectivity index (χ0n) is 11.2. The number of amides is 1. The summed E-state index contributed by atoms with van der Waals surface area (Å²) in [5.74, 6) is 0.283. The third kappa shape index (κ3) is 2.42. The van der Waals surface area contributed by atoms with Crippen molar-refractivity contribution in [2.24, 2.45) is 0 Å². The summed E-state index contributed by atoms with van der Waals surface area (Å²) in [5, 5.41) is 3.90. The molecule has 1 atom stereocenters. The summed E-state index contributed by atoms with van der Waals surface area (Å²) in [7, 11) is 0. The Hall–Kier alpha value is -1.72. The summed E-state index contributed by atoms with van der Waals surface area (Å²) < 4.78 is 10.3. The van der Waals surface area contributed by atoms with Crippen LogP contribution >= 0.6 is 0 Å². The first-order chi connectivity index (χ1) is 8.28. The molecule has 1 amide bonds. The van der Waals surface area contributed by atoms with E-state index < -0.39 is 5.60 Å². The highest BCUT2D eigenvalue weighted by atomic mass is 16.6. The number of hydrogen-bond acceptors (Lipinski definition) is 5. The highest BCUT2D eigenvalue weighted by Gasteiger charge is 2.33. The Morgan fingerprint density at radius 1 is 1.56 bits per heavy atom. The van der Waals surface area contributed by atoms with E-state index in [0.717, 1.165) is 11.3 Å². The van der Waals surface area contributed by atoms with Gasteiger partial charge in [0.1, 0.15) is 5.60 Å². The van der Waals surface area contributed by atoms with Crippen molar-refractivity contribution in [3.63, 3.8) is 0 Å². The van der Waals surface area contributed by atoms with E-state index >= 15 is 0 Å². The number of nitrogen functional groups attached to an aromatic ring is 1. The van der Waals surface area contributed by atoms with Gasteiger partial charge in [-0.15, -0.1) is 0 Å². The number of rotatable bonds is 0. The maximum absolute atomic E-state index is 12.1. The van der Waals surface area contributed by atoms with Crippen molar-refractivity contribution in [3.8, 4) is 0 Å². The Bertz CT molecular complexity index is 462. The maximum atomic E-state index is 12.1. The Balaban J connectivity index is 2.16. The van der Waals surface area contributed by atoms with E-state index in [1.54, 1.807) is 4.90 Å². The molecule has 6 heteroatoms. The smallest absolute Gasteiger partial charge is 0.410 e. The molecule has 6 nitrogen and oxygen atoms in total. The van der Waals surface area contributed by atoms with Crippen LogP contribution in [0.15, 0.2) is 4.52 Å². The number of carbonyl (C=O) groups excluding carboxylic acids is 1. The first kappa shape index (κ1) is 12.7. The molecule has 1 aromatic rings. The molecular weight excluding hydrogens is 234 g/mol. The Morgan fingerprint density at radius 3 is 2.83 bits per heavy atom.